The summed E-state index contributed by atoms with van der Waals surface area (Å²) in [5.74, 6) is 0.414. The number of anilines is 2. The number of rotatable bonds is 5. The highest BCUT2D eigenvalue weighted by molar-refractivity contribution is 7.89. The van der Waals surface area contributed by atoms with E-state index in [9.17, 15) is 13.2 Å². The van der Waals surface area contributed by atoms with Gasteiger partial charge in [0, 0.05) is 31.7 Å². The highest BCUT2D eigenvalue weighted by Crippen LogP contribution is 2.23. The number of hydrogen-bond acceptors (Lipinski definition) is 6. The van der Waals surface area contributed by atoms with E-state index in [2.05, 4.69) is 25.4 Å². The molecule has 0 saturated carbocycles. The summed E-state index contributed by atoms with van der Waals surface area (Å²) in [5, 5.41) is 9.67. The maximum absolute atomic E-state index is 13.0. The number of amides is 1. The molecule has 0 unspecified atom stereocenters. The number of benzene rings is 1. The fraction of sp³-hybridized carbons (Fsp3) is 0.550. The van der Waals surface area contributed by atoms with Crippen molar-refractivity contribution >= 4 is 27.8 Å². The van der Waals surface area contributed by atoms with Crippen LogP contribution < -0.4 is 10.2 Å². The van der Waals surface area contributed by atoms with E-state index in [-0.39, 0.29) is 10.8 Å². The summed E-state index contributed by atoms with van der Waals surface area (Å²) in [5.41, 5.74) is 1.00. The van der Waals surface area contributed by atoms with Gasteiger partial charge in [0.15, 0.2) is 0 Å². The molecule has 2 saturated heterocycles. The standard InChI is InChI=1S/C20H28N6O3S/c1-15-8-9-16(30(28,29)26-12-6-3-7-13-26)14-17(15)18(27)21-19-22-20(24-23-19)25-10-4-2-5-11-25/h8-9,14H,2-7,10-13H2,1H3,(H2,21,22,23,24,27). The fourth-order valence-electron chi connectivity index (χ4n) is 3.98. The molecule has 9 nitrogen and oxygen atoms in total. The average molecular weight is 433 g/mol. The molecule has 1 aromatic carbocycles. The zero-order valence-electron chi connectivity index (χ0n) is 17.2. The normalized spacial score (nSPS) is 18.4. The first-order chi connectivity index (χ1) is 14.4. The molecule has 2 fully saturated rings. The molecule has 0 bridgehead atoms. The van der Waals surface area contributed by atoms with Crippen LogP contribution in [0.15, 0.2) is 23.1 Å². The third kappa shape index (κ3) is 4.34. The van der Waals surface area contributed by atoms with Crippen LogP contribution in [-0.4, -0.2) is 60.0 Å². The number of aryl methyl sites for hydroxylation is 1. The summed E-state index contributed by atoms with van der Waals surface area (Å²) in [7, 11) is -3.61. The van der Waals surface area contributed by atoms with Crippen LogP contribution in [0.1, 0.15) is 54.4 Å². The molecule has 4 rings (SSSR count). The zero-order valence-corrected chi connectivity index (χ0v) is 18.0. The van der Waals surface area contributed by atoms with Crippen LogP contribution in [0.5, 0.6) is 0 Å². The molecule has 2 aliphatic heterocycles. The van der Waals surface area contributed by atoms with Crippen molar-refractivity contribution in [1.29, 1.82) is 0 Å². The third-order valence-electron chi connectivity index (χ3n) is 5.75. The molecule has 30 heavy (non-hydrogen) atoms. The molecule has 2 aromatic rings. The van der Waals surface area contributed by atoms with Crippen LogP contribution in [-0.2, 0) is 10.0 Å². The smallest absolute Gasteiger partial charge is 0.258 e. The molecular weight excluding hydrogens is 404 g/mol. The van der Waals surface area contributed by atoms with Crippen molar-refractivity contribution in [3.63, 3.8) is 0 Å². The highest BCUT2D eigenvalue weighted by atomic mass is 32.2. The van der Waals surface area contributed by atoms with Crippen molar-refractivity contribution in [1.82, 2.24) is 19.5 Å². The molecular formula is C20H28N6O3S. The minimum Gasteiger partial charge on any atom is -0.340 e. The van der Waals surface area contributed by atoms with Crippen molar-refractivity contribution in [3.05, 3.63) is 29.3 Å². The number of hydrogen-bond donors (Lipinski definition) is 2. The predicted octanol–water partition coefficient (Wildman–Crippen LogP) is 2.53. The van der Waals surface area contributed by atoms with Gasteiger partial charge in [-0.25, -0.2) is 13.5 Å². The van der Waals surface area contributed by atoms with E-state index in [1.54, 1.807) is 19.1 Å². The molecule has 0 radical (unpaired) electrons. The molecule has 0 aliphatic carbocycles. The second-order valence-corrected chi connectivity index (χ2v) is 9.87. The van der Waals surface area contributed by atoms with Crippen LogP contribution in [0.3, 0.4) is 0 Å². The first-order valence-corrected chi connectivity index (χ1v) is 12.0. The van der Waals surface area contributed by atoms with Gasteiger partial charge in [-0.15, -0.1) is 5.10 Å². The minimum atomic E-state index is -3.61. The summed E-state index contributed by atoms with van der Waals surface area (Å²) >= 11 is 0. The average Bonchev–Trinajstić information content (AvgIpc) is 3.23. The summed E-state index contributed by atoms with van der Waals surface area (Å²) in [6.07, 6.45) is 6.19. The summed E-state index contributed by atoms with van der Waals surface area (Å²) in [4.78, 5) is 19.5. The van der Waals surface area contributed by atoms with Crippen LogP contribution in [0, 0.1) is 6.92 Å². The number of aromatic amines is 1. The van der Waals surface area contributed by atoms with E-state index < -0.39 is 15.9 Å². The van der Waals surface area contributed by atoms with Gasteiger partial charge in [-0.1, -0.05) is 12.5 Å². The second-order valence-electron chi connectivity index (χ2n) is 7.93. The van der Waals surface area contributed by atoms with Crippen molar-refractivity contribution in [2.45, 2.75) is 50.3 Å². The van der Waals surface area contributed by atoms with Crippen molar-refractivity contribution in [2.75, 3.05) is 36.4 Å². The SMILES string of the molecule is Cc1ccc(S(=O)(=O)N2CCCCC2)cc1C(=O)Nc1nc(N2CCCCC2)n[nH]1. The monoisotopic (exact) mass is 432 g/mol. The Morgan fingerprint density at radius 2 is 1.70 bits per heavy atom. The Kier molecular flexibility index (Phi) is 6.05. The first kappa shape index (κ1) is 20.8. The number of nitrogens with zero attached hydrogens (tertiary/aromatic N) is 4. The fourth-order valence-corrected chi connectivity index (χ4v) is 5.52. The Morgan fingerprint density at radius 1 is 1.03 bits per heavy atom. The van der Waals surface area contributed by atoms with Gasteiger partial charge in [-0.3, -0.25) is 10.1 Å². The van der Waals surface area contributed by atoms with E-state index in [1.807, 2.05) is 0 Å². The lowest BCUT2D eigenvalue weighted by molar-refractivity contribution is 0.102. The van der Waals surface area contributed by atoms with E-state index in [0.717, 1.165) is 45.2 Å². The molecule has 10 heteroatoms. The van der Waals surface area contributed by atoms with Gasteiger partial charge in [0.2, 0.25) is 21.9 Å². The molecule has 1 aromatic heterocycles. The molecule has 2 aliphatic rings. The quantitative estimate of drug-likeness (QED) is 0.751. The Bertz CT molecular complexity index is 1010. The predicted molar refractivity (Wildman–Crippen MR) is 114 cm³/mol. The molecule has 1 amide bonds. The van der Waals surface area contributed by atoms with Gasteiger partial charge in [0.05, 0.1) is 4.90 Å². The van der Waals surface area contributed by atoms with E-state index >= 15 is 0 Å². The summed E-state index contributed by atoms with van der Waals surface area (Å²) in [6.45, 7) is 4.64. The maximum atomic E-state index is 13.0. The van der Waals surface area contributed by atoms with Gasteiger partial charge in [-0.2, -0.15) is 9.29 Å². The number of sulfonamides is 1. The topological polar surface area (TPSA) is 111 Å². The number of carbonyl (C=O) groups is 1. The van der Waals surface area contributed by atoms with Crippen LogP contribution >= 0.6 is 0 Å². The van der Waals surface area contributed by atoms with Gasteiger partial charge >= 0.3 is 0 Å². The molecule has 3 heterocycles. The first-order valence-electron chi connectivity index (χ1n) is 10.5. The van der Waals surface area contributed by atoms with Crippen LogP contribution in [0.25, 0.3) is 0 Å². The zero-order chi connectivity index (χ0) is 21.1. The van der Waals surface area contributed by atoms with Crippen LogP contribution in [0.2, 0.25) is 0 Å². The highest BCUT2D eigenvalue weighted by Gasteiger charge is 2.27. The molecule has 0 atom stereocenters. The Hall–Kier alpha value is -2.46. The van der Waals surface area contributed by atoms with Gasteiger partial charge in [0.25, 0.3) is 5.91 Å². The minimum absolute atomic E-state index is 0.145. The number of H-pyrrole nitrogens is 1. The Morgan fingerprint density at radius 3 is 2.40 bits per heavy atom. The summed E-state index contributed by atoms with van der Waals surface area (Å²) in [6, 6.07) is 4.70. The van der Waals surface area contributed by atoms with Crippen molar-refractivity contribution < 1.29 is 13.2 Å². The van der Waals surface area contributed by atoms with E-state index in [0.29, 0.717) is 30.2 Å². The second kappa shape index (κ2) is 8.73. The number of aromatic nitrogens is 3. The van der Waals surface area contributed by atoms with E-state index in [4.69, 9.17) is 0 Å². The molecule has 2 N–H and O–H groups in total. The van der Waals surface area contributed by atoms with Gasteiger partial charge in [-0.05, 0) is 56.7 Å². The van der Waals surface area contributed by atoms with Gasteiger partial charge < -0.3 is 4.90 Å². The lowest BCUT2D eigenvalue weighted by Crippen LogP contribution is -2.35. The van der Waals surface area contributed by atoms with Crippen molar-refractivity contribution in [2.24, 2.45) is 0 Å². The summed E-state index contributed by atoms with van der Waals surface area (Å²) < 4.78 is 27.4. The molecule has 162 valence electrons. The molecule has 0 spiro atoms. The maximum Gasteiger partial charge on any atom is 0.258 e. The Labute approximate surface area is 176 Å². The lowest BCUT2D eigenvalue weighted by atomic mass is 10.1. The largest absolute Gasteiger partial charge is 0.340 e. The van der Waals surface area contributed by atoms with Crippen molar-refractivity contribution in [3.8, 4) is 0 Å². The van der Waals surface area contributed by atoms with Gasteiger partial charge in [0.1, 0.15) is 0 Å². The number of carbonyl (C=O) groups excluding carboxylic acids is 1. The van der Waals surface area contributed by atoms with Crippen LogP contribution in [0.4, 0.5) is 11.9 Å². The number of nitrogens with one attached hydrogen (secondary N) is 2. The Balaban J connectivity index is 1.51. The number of piperidine rings is 2. The van der Waals surface area contributed by atoms with E-state index in [1.165, 1.54) is 16.8 Å². The lowest BCUT2D eigenvalue weighted by Gasteiger charge is -2.26. The third-order valence-corrected chi connectivity index (χ3v) is 7.65.